The van der Waals surface area contributed by atoms with Crippen LogP contribution in [0.25, 0.3) is 21.9 Å². The van der Waals surface area contributed by atoms with Gasteiger partial charge in [-0.2, -0.15) is 0 Å². The number of anilines is 1. The molecule has 1 aliphatic rings. The molecule has 0 radical (unpaired) electrons. The molecule has 0 aliphatic carbocycles. The summed E-state index contributed by atoms with van der Waals surface area (Å²) < 4.78 is 11.0. The summed E-state index contributed by atoms with van der Waals surface area (Å²) in [6.45, 7) is 5.79. The fourth-order valence-electron chi connectivity index (χ4n) is 3.40. The molecule has 0 saturated carbocycles. The Morgan fingerprint density at radius 1 is 1.28 bits per heavy atom. The normalized spacial score (nSPS) is 15.7. The predicted octanol–water partition coefficient (Wildman–Crippen LogP) is 2.86. The van der Waals surface area contributed by atoms with Gasteiger partial charge < -0.3 is 19.8 Å². The average Bonchev–Trinajstić information content (AvgIpc) is 3.02. The van der Waals surface area contributed by atoms with Crippen LogP contribution in [0.2, 0.25) is 0 Å². The van der Waals surface area contributed by atoms with Crippen LogP contribution in [0, 0.1) is 0 Å². The van der Waals surface area contributed by atoms with E-state index in [0.29, 0.717) is 0 Å². The number of fused-ring (bicyclic) bond motifs is 3. The largest absolute Gasteiger partial charge is 0.495 e. The fraction of sp³-hybridized carbons (Fsp3) is 0.421. The summed E-state index contributed by atoms with van der Waals surface area (Å²) >= 11 is 0. The SMILES string of the molecule is COc1cc2c(cc1NCCCN1CCOCC1)[nH]c1cccnc12. The lowest BCUT2D eigenvalue weighted by atomic mass is 10.2. The molecule has 3 aromatic rings. The van der Waals surface area contributed by atoms with E-state index >= 15 is 0 Å². The van der Waals surface area contributed by atoms with Gasteiger partial charge in [-0.15, -0.1) is 0 Å². The predicted molar refractivity (Wildman–Crippen MR) is 101 cm³/mol. The highest BCUT2D eigenvalue weighted by molar-refractivity contribution is 6.06. The monoisotopic (exact) mass is 340 g/mol. The number of H-pyrrole nitrogens is 1. The van der Waals surface area contributed by atoms with Gasteiger partial charge in [-0.05, 0) is 37.2 Å². The number of hydrogen-bond donors (Lipinski definition) is 2. The van der Waals surface area contributed by atoms with E-state index in [1.165, 1.54) is 0 Å². The maximum absolute atomic E-state index is 5.59. The van der Waals surface area contributed by atoms with Crippen molar-refractivity contribution in [2.75, 3.05) is 51.8 Å². The van der Waals surface area contributed by atoms with Gasteiger partial charge in [0.15, 0.2) is 0 Å². The topological polar surface area (TPSA) is 62.4 Å². The van der Waals surface area contributed by atoms with E-state index in [0.717, 1.165) is 79.2 Å². The van der Waals surface area contributed by atoms with Gasteiger partial charge in [-0.1, -0.05) is 0 Å². The molecule has 1 saturated heterocycles. The van der Waals surface area contributed by atoms with Crippen molar-refractivity contribution in [2.45, 2.75) is 6.42 Å². The lowest BCUT2D eigenvalue weighted by Crippen LogP contribution is -2.37. The van der Waals surface area contributed by atoms with Gasteiger partial charge in [0.1, 0.15) is 5.75 Å². The van der Waals surface area contributed by atoms with Crippen LogP contribution in [0.3, 0.4) is 0 Å². The maximum atomic E-state index is 5.59. The molecule has 0 amide bonds. The van der Waals surface area contributed by atoms with Gasteiger partial charge in [0.05, 0.1) is 42.6 Å². The standard InChI is InChI=1S/C19H24N4O2/c1-24-18-12-14-16(22-15-4-2-5-21-19(14)15)13-17(18)20-6-3-7-23-8-10-25-11-9-23/h2,4-5,12-13,20,22H,3,6-11H2,1H3. The van der Waals surface area contributed by atoms with E-state index in [-0.39, 0.29) is 0 Å². The molecule has 1 fully saturated rings. The number of hydrogen-bond acceptors (Lipinski definition) is 5. The summed E-state index contributed by atoms with van der Waals surface area (Å²) in [5.41, 5.74) is 4.12. The summed E-state index contributed by atoms with van der Waals surface area (Å²) in [6.07, 6.45) is 2.91. The fourth-order valence-corrected chi connectivity index (χ4v) is 3.40. The molecule has 3 heterocycles. The molecule has 0 unspecified atom stereocenters. The van der Waals surface area contributed by atoms with Gasteiger partial charge in [-0.25, -0.2) is 0 Å². The highest BCUT2D eigenvalue weighted by Gasteiger charge is 2.12. The minimum Gasteiger partial charge on any atom is -0.495 e. The first-order chi connectivity index (χ1) is 12.3. The van der Waals surface area contributed by atoms with Crippen molar-refractivity contribution in [3.63, 3.8) is 0 Å². The lowest BCUT2D eigenvalue weighted by molar-refractivity contribution is 0.0378. The second-order valence-electron chi connectivity index (χ2n) is 6.36. The van der Waals surface area contributed by atoms with E-state index in [2.05, 4.69) is 32.3 Å². The third kappa shape index (κ3) is 3.41. The number of nitrogens with zero attached hydrogens (tertiary/aromatic N) is 2. The molecule has 0 spiro atoms. The van der Waals surface area contributed by atoms with E-state index in [1.807, 2.05) is 18.3 Å². The molecular formula is C19H24N4O2. The molecule has 1 aromatic carbocycles. The zero-order valence-electron chi connectivity index (χ0n) is 14.5. The molecule has 6 nitrogen and oxygen atoms in total. The van der Waals surface area contributed by atoms with Crippen LogP contribution in [0.4, 0.5) is 5.69 Å². The number of morpholine rings is 1. The van der Waals surface area contributed by atoms with Crippen LogP contribution < -0.4 is 10.1 Å². The highest BCUT2D eigenvalue weighted by atomic mass is 16.5. The third-order valence-corrected chi connectivity index (χ3v) is 4.74. The van der Waals surface area contributed by atoms with Crippen LogP contribution in [-0.2, 0) is 4.74 Å². The zero-order chi connectivity index (χ0) is 17.1. The van der Waals surface area contributed by atoms with Crippen LogP contribution in [0.1, 0.15) is 6.42 Å². The van der Waals surface area contributed by atoms with Gasteiger partial charge >= 0.3 is 0 Å². The minimum atomic E-state index is 0.852. The molecule has 6 heteroatoms. The Labute approximate surface area is 147 Å². The first-order valence-electron chi connectivity index (χ1n) is 8.83. The van der Waals surface area contributed by atoms with Crippen molar-refractivity contribution in [2.24, 2.45) is 0 Å². The van der Waals surface area contributed by atoms with Crippen molar-refractivity contribution in [3.05, 3.63) is 30.5 Å². The smallest absolute Gasteiger partial charge is 0.142 e. The van der Waals surface area contributed by atoms with Crippen LogP contribution in [0.15, 0.2) is 30.5 Å². The Kier molecular flexibility index (Phi) is 4.72. The average molecular weight is 340 g/mol. The van der Waals surface area contributed by atoms with Gasteiger partial charge in [-0.3, -0.25) is 9.88 Å². The number of ether oxygens (including phenoxy) is 2. The molecule has 0 bridgehead atoms. The summed E-state index contributed by atoms with van der Waals surface area (Å²) in [7, 11) is 1.71. The van der Waals surface area contributed by atoms with E-state index in [1.54, 1.807) is 7.11 Å². The van der Waals surface area contributed by atoms with Crippen molar-refractivity contribution >= 4 is 27.6 Å². The molecule has 1 aliphatic heterocycles. The molecule has 2 aromatic heterocycles. The first-order valence-corrected chi connectivity index (χ1v) is 8.83. The zero-order valence-corrected chi connectivity index (χ0v) is 14.5. The first kappa shape index (κ1) is 16.2. The summed E-state index contributed by atoms with van der Waals surface area (Å²) in [6, 6.07) is 8.17. The number of nitrogens with one attached hydrogen (secondary N) is 2. The second kappa shape index (κ2) is 7.29. The number of rotatable bonds is 6. The number of aromatic amines is 1. The Bertz CT molecular complexity index is 855. The van der Waals surface area contributed by atoms with E-state index in [9.17, 15) is 0 Å². The van der Waals surface area contributed by atoms with Crippen LogP contribution >= 0.6 is 0 Å². The van der Waals surface area contributed by atoms with E-state index < -0.39 is 0 Å². The van der Waals surface area contributed by atoms with Crippen molar-refractivity contribution in [1.82, 2.24) is 14.9 Å². The van der Waals surface area contributed by atoms with Gasteiger partial charge in [0, 0.05) is 31.2 Å². The van der Waals surface area contributed by atoms with Crippen molar-refractivity contribution in [3.8, 4) is 5.75 Å². The number of pyridine rings is 1. The van der Waals surface area contributed by atoms with Crippen molar-refractivity contribution in [1.29, 1.82) is 0 Å². The molecule has 4 rings (SSSR count). The molecular weight excluding hydrogens is 316 g/mol. The van der Waals surface area contributed by atoms with Gasteiger partial charge in [0.2, 0.25) is 0 Å². The molecule has 2 N–H and O–H groups in total. The van der Waals surface area contributed by atoms with Crippen LogP contribution in [0.5, 0.6) is 5.75 Å². The Morgan fingerprint density at radius 2 is 2.16 bits per heavy atom. The highest BCUT2D eigenvalue weighted by Crippen LogP contribution is 2.33. The summed E-state index contributed by atoms with van der Waals surface area (Å²) in [5.74, 6) is 0.852. The Morgan fingerprint density at radius 3 is 3.00 bits per heavy atom. The Balaban J connectivity index is 1.47. The molecule has 25 heavy (non-hydrogen) atoms. The molecule has 132 valence electrons. The lowest BCUT2D eigenvalue weighted by Gasteiger charge is -2.26. The summed E-state index contributed by atoms with van der Waals surface area (Å²) in [4.78, 5) is 10.4. The van der Waals surface area contributed by atoms with Crippen molar-refractivity contribution < 1.29 is 9.47 Å². The minimum absolute atomic E-state index is 0.852. The van der Waals surface area contributed by atoms with Crippen LogP contribution in [-0.4, -0.2) is 61.4 Å². The third-order valence-electron chi connectivity index (χ3n) is 4.74. The van der Waals surface area contributed by atoms with E-state index in [4.69, 9.17) is 9.47 Å². The molecule has 0 atom stereocenters. The second-order valence-corrected chi connectivity index (χ2v) is 6.36. The van der Waals surface area contributed by atoms with Gasteiger partial charge in [0.25, 0.3) is 0 Å². The maximum Gasteiger partial charge on any atom is 0.142 e. The Hall–Kier alpha value is -2.31. The summed E-state index contributed by atoms with van der Waals surface area (Å²) in [5, 5.41) is 4.61. The number of benzene rings is 1. The number of methoxy groups -OCH3 is 1. The quantitative estimate of drug-likeness (QED) is 0.676. The number of aromatic nitrogens is 2.